The quantitative estimate of drug-likeness (QED) is 0.609. The Labute approximate surface area is 124 Å². The van der Waals surface area contributed by atoms with Crippen molar-refractivity contribution in [2.24, 2.45) is 0 Å². The number of benzene rings is 1. The summed E-state index contributed by atoms with van der Waals surface area (Å²) < 4.78 is 27.3. The molecule has 2 aromatic rings. The average Bonchev–Trinajstić information content (AvgIpc) is 2.86. The Hall–Kier alpha value is -1.47. The monoisotopic (exact) mass is 303 g/mol. The van der Waals surface area contributed by atoms with Crippen molar-refractivity contribution >= 4 is 23.3 Å². The molecule has 0 aliphatic carbocycles. The first-order chi connectivity index (χ1) is 9.92. The van der Waals surface area contributed by atoms with Crippen LogP contribution >= 0.6 is 7.14 Å². The van der Waals surface area contributed by atoms with Crippen molar-refractivity contribution in [2.75, 3.05) is 12.3 Å². The van der Waals surface area contributed by atoms with Gasteiger partial charge in [0.2, 0.25) is 0 Å². The summed E-state index contributed by atoms with van der Waals surface area (Å²) in [6.07, 6.45) is 5.09. The van der Waals surface area contributed by atoms with Gasteiger partial charge >= 0.3 is 0 Å². The predicted octanol–water partition coefficient (Wildman–Crippen LogP) is 4.36. The third-order valence-corrected chi connectivity index (χ3v) is 7.04. The summed E-state index contributed by atoms with van der Waals surface area (Å²) >= 11 is 0. The molecule has 0 N–H and O–H groups in total. The molecule has 0 amide bonds. The molecule has 0 spiro atoms. The Bertz CT molecular complexity index is 783. The van der Waals surface area contributed by atoms with Gasteiger partial charge in [-0.15, -0.1) is 0 Å². The average molecular weight is 303 g/mol. The molecule has 21 heavy (non-hydrogen) atoms. The summed E-state index contributed by atoms with van der Waals surface area (Å²) in [5.74, 6) is -0.0800. The molecule has 0 saturated heterocycles. The maximum Gasteiger partial charge on any atom is 0.145 e. The summed E-state index contributed by atoms with van der Waals surface area (Å²) in [6.45, 7) is 5.82. The van der Waals surface area contributed by atoms with Crippen LogP contribution in [-0.4, -0.2) is 17.3 Å². The highest BCUT2D eigenvalue weighted by atomic mass is 31.2. The number of fused-ring (bicyclic) bond motifs is 1. The van der Waals surface area contributed by atoms with E-state index >= 15 is 0 Å². The third kappa shape index (κ3) is 2.34. The molecule has 1 aliphatic rings. The maximum atomic E-state index is 14.0. The van der Waals surface area contributed by atoms with E-state index in [9.17, 15) is 8.96 Å². The molecule has 1 aliphatic heterocycles. The second-order valence-electron chi connectivity index (χ2n) is 6.01. The minimum atomic E-state index is -2.51. The molecule has 0 fully saturated rings. The number of nitrogens with zero attached hydrogens (tertiary/aromatic N) is 1. The van der Waals surface area contributed by atoms with Gasteiger partial charge in [-0.1, -0.05) is 32.1 Å². The number of allylic oxidation sites excluding steroid dienone is 2. The Morgan fingerprint density at radius 2 is 1.90 bits per heavy atom. The number of halogens is 1. The van der Waals surface area contributed by atoms with E-state index in [0.29, 0.717) is 18.0 Å². The molecular weight excluding hydrogens is 284 g/mol. The molecule has 4 heteroatoms. The lowest BCUT2D eigenvalue weighted by molar-refractivity contribution is 0.585. The van der Waals surface area contributed by atoms with Crippen molar-refractivity contribution in [1.82, 2.24) is 4.98 Å². The van der Waals surface area contributed by atoms with Crippen LogP contribution in [0.2, 0.25) is 0 Å². The van der Waals surface area contributed by atoms with E-state index in [4.69, 9.17) is 0 Å². The summed E-state index contributed by atoms with van der Waals surface area (Å²) in [6, 6.07) is 5.43. The van der Waals surface area contributed by atoms with Crippen LogP contribution in [0.5, 0.6) is 0 Å². The maximum absolute atomic E-state index is 14.0. The largest absolute Gasteiger partial charge is 0.318 e. The van der Waals surface area contributed by atoms with Gasteiger partial charge in [0, 0.05) is 23.0 Å². The minimum Gasteiger partial charge on any atom is -0.318 e. The first kappa shape index (κ1) is 14.5. The zero-order chi connectivity index (χ0) is 15.2. The highest BCUT2D eigenvalue weighted by Crippen LogP contribution is 2.51. The fourth-order valence-corrected chi connectivity index (χ4v) is 5.90. The first-order valence-electron chi connectivity index (χ1n) is 7.26. The second kappa shape index (κ2) is 5.06. The first-order valence-corrected chi connectivity index (χ1v) is 9.33. The fourth-order valence-electron chi connectivity index (χ4n) is 2.99. The number of pyridine rings is 1. The van der Waals surface area contributed by atoms with Crippen LogP contribution in [0.4, 0.5) is 4.39 Å². The van der Waals surface area contributed by atoms with Crippen molar-refractivity contribution in [3.05, 3.63) is 47.4 Å². The van der Waals surface area contributed by atoms with Crippen LogP contribution in [0.3, 0.4) is 0 Å². The molecule has 1 aromatic heterocycles. The smallest absolute Gasteiger partial charge is 0.145 e. The van der Waals surface area contributed by atoms with Crippen LogP contribution in [0.1, 0.15) is 31.0 Å². The Kier molecular flexibility index (Phi) is 3.49. The van der Waals surface area contributed by atoms with Crippen LogP contribution in [0, 0.1) is 12.7 Å². The van der Waals surface area contributed by atoms with E-state index in [1.54, 1.807) is 6.92 Å². The molecule has 0 unspecified atom stereocenters. The lowest BCUT2D eigenvalue weighted by Crippen LogP contribution is -2.16. The Morgan fingerprint density at radius 3 is 2.52 bits per heavy atom. The van der Waals surface area contributed by atoms with Crippen LogP contribution in [0.15, 0.2) is 30.4 Å². The molecule has 2 heterocycles. The minimum absolute atomic E-state index is 0.250. The highest BCUT2D eigenvalue weighted by Gasteiger charge is 2.31. The molecule has 110 valence electrons. The molecule has 0 saturated carbocycles. The molecule has 0 bridgehead atoms. The van der Waals surface area contributed by atoms with Crippen LogP contribution < -0.4 is 5.30 Å². The third-order valence-electron chi connectivity index (χ3n) is 4.13. The summed E-state index contributed by atoms with van der Waals surface area (Å²) in [5, 5.41) is 1.56. The van der Waals surface area contributed by atoms with E-state index in [-0.39, 0.29) is 11.7 Å². The van der Waals surface area contributed by atoms with Gasteiger partial charge in [-0.25, -0.2) is 4.39 Å². The van der Waals surface area contributed by atoms with Crippen molar-refractivity contribution in [2.45, 2.75) is 26.7 Å². The number of aryl methyl sites for hydroxylation is 1. The lowest BCUT2D eigenvalue weighted by atomic mass is 10.0. The molecule has 1 aromatic carbocycles. The summed E-state index contributed by atoms with van der Waals surface area (Å²) in [5.41, 5.74) is 2.17. The van der Waals surface area contributed by atoms with Crippen molar-refractivity contribution in [3.63, 3.8) is 0 Å². The van der Waals surface area contributed by atoms with E-state index in [0.717, 1.165) is 21.8 Å². The molecule has 0 radical (unpaired) electrons. The van der Waals surface area contributed by atoms with Crippen molar-refractivity contribution in [1.29, 1.82) is 0 Å². The molecule has 3 rings (SSSR count). The van der Waals surface area contributed by atoms with Gasteiger partial charge in [-0.3, -0.25) is 4.98 Å². The van der Waals surface area contributed by atoms with Crippen molar-refractivity contribution < 1.29 is 8.96 Å². The second-order valence-corrected chi connectivity index (χ2v) is 8.96. The van der Waals surface area contributed by atoms with Gasteiger partial charge in [0.15, 0.2) is 0 Å². The van der Waals surface area contributed by atoms with Gasteiger partial charge in [0.05, 0.1) is 11.2 Å². The Balaban J connectivity index is 2.39. The van der Waals surface area contributed by atoms with Crippen LogP contribution in [-0.2, 0) is 4.57 Å². The number of hydrogen-bond acceptors (Lipinski definition) is 2. The summed E-state index contributed by atoms with van der Waals surface area (Å²) in [7, 11) is -2.51. The molecule has 2 nitrogen and oxygen atoms in total. The van der Waals surface area contributed by atoms with Gasteiger partial charge in [-0.2, -0.15) is 0 Å². The summed E-state index contributed by atoms with van der Waals surface area (Å²) in [4.78, 5) is 4.32. The van der Waals surface area contributed by atoms with Gasteiger partial charge in [-0.05, 0) is 30.5 Å². The lowest BCUT2D eigenvalue weighted by Gasteiger charge is -2.21. The SMILES string of the molecule is Cc1nc2ccc(C(C)C)c(P3(=O)CC=CC3)c2cc1F. The fraction of sp³-hybridized carbons (Fsp3) is 0.353. The van der Waals surface area contributed by atoms with Gasteiger partial charge < -0.3 is 4.57 Å². The van der Waals surface area contributed by atoms with E-state index in [2.05, 4.69) is 18.8 Å². The number of hydrogen-bond donors (Lipinski definition) is 0. The normalized spacial score (nSPS) is 17.0. The topological polar surface area (TPSA) is 30.0 Å². The number of rotatable bonds is 2. The van der Waals surface area contributed by atoms with Crippen molar-refractivity contribution in [3.8, 4) is 0 Å². The van der Waals surface area contributed by atoms with Gasteiger partial charge in [0.1, 0.15) is 13.0 Å². The zero-order valence-corrected chi connectivity index (χ0v) is 13.5. The zero-order valence-electron chi connectivity index (χ0n) is 12.6. The number of aromatic nitrogens is 1. The van der Waals surface area contributed by atoms with E-state index < -0.39 is 7.14 Å². The highest BCUT2D eigenvalue weighted by molar-refractivity contribution is 7.72. The standard InChI is InChI=1S/C17H19FNOP/c1-11(2)13-6-7-16-14(10-15(18)12(3)19-16)17(13)21(20)8-4-5-9-21/h4-7,10-11H,8-9H2,1-3H3. The van der Waals surface area contributed by atoms with E-state index in [1.165, 1.54) is 6.07 Å². The Morgan fingerprint density at radius 1 is 1.24 bits per heavy atom. The van der Waals surface area contributed by atoms with E-state index in [1.807, 2.05) is 24.3 Å². The molecule has 0 atom stereocenters. The predicted molar refractivity (Wildman–Crippen MR) is 86.6 cm³/mol. The van der Waals surface area contributed by atoms with Crippen LogP contribution in [0.25, 0.3) is 10.9 Å². The van der Waals surface area contributed by atoms with Gasteiger partial charge in [0.25, 0.3) is 0 Å². The molecular formula is C17H19FNOP.